The van der Waals surface area contributed by atoms with E-state index in [0.29, 0.717) is 6.42 Å². The van der Waals surface area contributed by atoms with Crippen LogP contribution in [0.2, 0.25) is 0 Å². The van der Waals surface area contributed by atoms with Crippen LogP contribution < -0.4 is 5.73 Å². The smallest absolute Gasteiger partial charge is 0.411 e. The highest BCUT2D eigenvalue weighted by Crippen LogP contribution is 2.45. The molecule has 12 heteroatoms. The zero-order chi connectivity index (χ0) is 26.6. The lowest BCUT2D eigenvalue weighted by Gasteiger charge is -2.44. The van der Waals surface area contributed by atoms with Crippen LogP contribution in [-0.2, 0) is 23.8 Å². The fourth-order valence-corrected chi connectivity index (χ4v) is 4.25. The van der Waals surface area contributed by atoms with Crippen LogP contribution in [0.5, 0.6) is 0 Å². The Morgan fingerprint density at radius 2 is 1.47 bits per heavy atom. The number of carboxylic acid groups (broad SMARTS) is 2. The van der Waals surface area contributed by atoms with Crippen molar-refractivity contribution in [2.75, 3.05) is 27.3 Å². The first-order chi connectivity index (χ1) is 15.4. The quantitative estimate of drug-likeness (QED) is 0.532. The number of primary amides is 1. The van der Waals surface area contributed by atoms with Crippen LogP contribution in [0.25, 0.3) is 0 Å². The number of ether oxygens (including phenoxy) is 3. The molecule has 2 aliphatic heterocycles. The fraction of sp³-hybridized carbons (Fsp3) is 0.818. The van der Waals surface area contributed by atoms with E-state index in [4.69, 9.17) is 25.1 Å². The summed E-state index contributed by atoms with van der Waals surface area (Å²) >= 11 is 0. The summed E-state index contributed by atoms with van der Waals surface area (Å²) in [5.41, 5.74) is 2.38. The molecule has 34 heavy (non-hydrogen) atoms. The molecule has 2 rings (SSSR count). The first-order valence-electron chi connectivity index (χ1n) is 11.0. The SMILES string of the molecule is CO[C@@H]1CN(C(=O)OC(C)(C)C)[C@](C(=O)O)(C(C)(C)C)C1.CO[C@H]1C[C@@H](C(N)=O)N(C(=O)O)C1. The summed E-state index contributed by atoms with van der Waals surface area (Å²) in [6.07, 6.45) is -1.69. The number of aliphatic carboxylic acids is 1. The lowest BCUT2D eigenvalue weighted by Crippen LogP contribution is -2.61. The number of amides is 3. The second-order valence-corrected chi connectivity index (χ2v) is 10.5. The van der Waals surface area contributed by atoms with Crippen LogP contribution in [0, 0.1) is 5.41 Å². The zero-order valence-corrected chi connectivity index (χ0v) is 21.3. The van der Waals surface area contributed by atoms with E-state index in [2.05, 4.69) is 0 Å². The van der Waals surface area contributed by atoms with E-state index in [1.54, 1.807) is 20.8 Å². The van der Waals surface area contributed by atoms with E-state index in [0.717, 1.165) is 4.90 Å². The zero-order valence-electron chi connectivity index (χ0n) is 21.3. The van der Waals surface area contributed by atoms with Crippen LogP contribution >= 0.6 is 0 Å². The summed E-state index contributed by atoms with van der Waals surface area (Å²) in [6, 6.07) is -0.748. The molecule has 2 saturated heterocycles. The molecule has 0 aromatic heterocycles. The average molecular weight is 490 g/mol. The van der Waals surface area contributed by atoms with Crippen molar-refractivity contribution < 1.29 is 43.6 Å². The monoisotopic (exact) mass is 489 g/mol. The number of hydrogen-bond donors (Lipinski definition) is 3. The molecule has 0 aromatic carbocycles. The van der Waals surface area contributed by atoms with Gasteiger partial charge in [0.25, 0.3) is 0 Å². The van der Waals surface area contributed by atoms with Crippen molar-refractivity contribution in [3.63, 3.8) is 0 Å². The molecule has 2 heterocycles. The fourth-order valence-electron chi connectivity index (χ4n) is 4.25. The Morgan fingerprint density at radius 1 is 0.941 bits per heavy atom. The summed E-state index contributed by atoms with van der Waals surface area (Å²) in [5.74, 6) is -1.65. The van der Waals surface area contributed by atoms with Crippen molar-refractivity contribution in [3.8, 4) is 0 Å². The lowest BCUT2D eigenvalue weighted by molar-refractivity contribution is -0.157. The molecular weight excluding hydrogens is 450 g/mol. The minimum Gasteiger partial charge on any atom is -0.479 e. The predicted molar refractivity (Wildman–Crippen MR) is 121 cm³/mol. The van der Waals surface area contributed by atoms with Crippen molar-refractivity contribution in [3.05, 3.63) is 0 Å². The van der Waals surface area contributed by atoms with Crippen LogP contribution in [0.1, 0.15) is 54.4 Å². The largest absolute Gasteiger partial charge is 0.479 e. The van der Waals surface area contributed by atoms with E-state index in [9.17, 15) is 24.3 Å². The number of nitrogens with zero attached hydrogens (tertiary/aromatic N) is 2. The average Bonchev–Trinajstić information content (AvgIpc) is 3.29. The van der Waals surface area contributed by atoms with Gasteiger partial charge in [0.15, 0.2) is 5.54 Å². The van der Waals surface area contributed by atoms with Gasteiger partial charge in [0.05, 0.1) is 25.3 Å². The molecular formula is C22H39N3O9. The molecule has 0 bridgehead atoms. The van der Waals surface area contributed by atoms with Crippen LogP contribution in [0.15, 0.2) is 0 Å². The Kier molecular flexibility index (Phi) is 9.32. The molecule has 0 radical (unpaired) electrons. The molecule has 12 nitrogen and oxygen atoms in total. The van der Waals surface area contributed by atoms with Crippen molar-refractivity contribution in [1.29, 1.82) is 0 Å². The second kappa shape index (κ2) is 10.8. The van der Waals surface area contributed by atoms with Gasteiger partial charge in [0.1, 0.15) is 11.6 Å². The van der Waals surface area contributed by atoms with E-state index >= 15 is 0 Å². The van der Waals surface area contributed by atoms with Gasteiger partial charge in [-0.1, -0.05) is 20.8 Å². The number of carboxylic acids is 1. The van der Waals surface area contributed by atoms with Gasteiger partial charge in [0, 0.05) is 27.1 Å². The second-order valence-electron chi connectivity index (χ2n) is 10.5. The van der Waals surface area contributed by atoms with Crippen LogP contribution in [-0.4, -0.2) is 101 Å². The number of carbonyl (C=O) groups excluding carboxylic acids is 2. The molecule has 0 saturated carbocycles. The number of hydrogen-bond acceptors (Lipinski definition) is 7. The lowest BCUT2D eigenvalue weighted by atomic mass is 9.71. The summed E-state index contributed by atoms with van der Waals surface area (Å²) in [4.78, 5) is 48.3. The molecule has 4 atom stereocenters. The van der Waals surface area contributed by atoms with Crippen LogP contribution in [0.3, 0.4) is 0 Å². The summed E-state index contributed by atoms with van der Waals surface area (Å²) in [6.45, 7) is 11.1. The third kappa shape index (κ3) is 6.50. The summed E-state index contributed by atoms with van der Waals surface area (Å²) in [7, 11) is 3.01. The Morgan fingerprint density at radius 3 is 1.79 bits per heavy atom. The van der Waals surface area contributed by atoms with E-state index in [1.165, 1.54) is 19.1 Å². The Balaban J connectivity index is 0.000000380. The maximum absolute atomic E-state index is 12.5. The Bertz CT molecular complexity index is 753. The third-order valence-corrected chi connectivity index (χ3v) is 6.08. The predicted octanol–water partition coefficient (Wildman–Crippen LogP) is 1.75. The van der Waals surface area contributed by atoms with Gasteiger partial charge in [-0.25, -0.2) is 14.4 Å². The highest BCUT2D eigenvalue weighted by atomic mass is 16.6. The molecule has 2 aliphatic rings. The highest BCUT2D eigenvalue weighted by molar-refractivity contribution is 5.86. The van der Waals surface area contributed by atoms with E-state index < -0.39 is 46.7 Å². The first-order valence-corrected chi connectivity index (χ1v) is 11.0. The number of carbonyl (C=O) groups is 4. The van der Waals surface area contributed by atoms with Crippen LogP contribution in [0.4, 0.5) is 9.59 Å². The molecule has 0 spiro atoms. The molecule has 2 fully saturated rings. The third-order valence-electron chi connectivity index (χ3n) is 6.08. The minimum atomic E-state index is -1.34. The first kappa shape index (κ1) is 29.4. The topological polar surface area (TPSA) is 169 Å². The molecule has 3 amide bonds. The van der Waals surface area contributed by atoms with Crippen molar-refractivity contribution in [2.24, 2.45) is 11.1 Å². The molecule has 0 aromatic rings. The number of rotatable bonds is 4. The van der Waals surface area contributed by atoms with E-state index in [-0.39, 0.29) is 31.7 Å². The van der Waals surface area contributed by atoms with Gasteiger partial charge >= 0.3 is 18.2 Å². The minimum absolute atomic E-state index is 0.208. The normalized spacial score (nSPS) is 27.1. The maximum Gasteiger partial charge on any atom is 0.411 e. The van der Waals surface area contributed by atoms with Gasteiger partial charge in [-0.05, 0) is 26.2 Å². The standard InChI is InChI=1S/C15H27NO5.C7H12N2O4/c1-13(2,3)15(11(17)18)8-10(20-7)9-16(15)12(19)21-14(4,5)6;1-13-4-2-5(6(8)10)9(3-4)7(11)12/h10H,8-9H2,1-7H3,(H,17,18);4-5H,2-3H2,1H3,(H2,8,10)(H,11,12)/t10-,15+;4-,5-/m00/s1. The summed E-state index contributed by atoms with van der Waals surface area (Å²) in [5, 5.41) is 18.5. The van der Waals surface area contributed by atoms with Gasteiger partial charge in [-0.3, -0.25) is 14.6 Å². The molecule has 0 aliphatic carbocycles. The number of nitrogens with two attached hydrogens (primary N) is 1. The van der Waals surface area contributed by atoms with Crippen molar-refractivity contribution >= 4 is 24.1 Å². The van der Waals surface area contributed by atoms with Gasteiger partial charge in [-0.2, -0.15) is 0 Å². The highest BCUT2D eigenvalue weighted by Gasteiger charge is 2.61. The summed E-state index contributed by atoms with van der Waals surface area (Å²) < 4.78 is 15.7. The molecule has 0 unspecified atom stereocenters. The van der Waals surface area contributed by atoms with Gasteiger partial charge in [-0.15, -0.1) is 0 Å². The molecule has 4 N–H and O–H groups in total. The van der Waals surface area contributed by atoms with E-state index in [1.807, 2.05) is 20.8 Å². The van der Waals surface area contributed by atoms with Crippen molar-refractivity contribution in [1.82, 2.24) is 9.80 Å². The Hall–Kier alpha value is -2.60. The molecule has 196 valence electrons. The van der Waals surface area contributed by atoms with Gasteiger partial charge in [0.2, 0.25) is 5.91 Å². The number of methoxy groups -OCH3 is 2. The maximum atomic E-state index is 12.5. The number of likely N-dealkylation sites (tertiary alicyclic amines) is 2. The van der Waals surface area contributed by atoms with Gasteiger partial charge < -0.3 is 30.2 Å². The Labute approximate surface area is 200 Å². The van der Waals surface area contributed by atoms with Crippen molar-refractivity contribution in [2.45, 2.75) is 83.8 Å².